The van der Waals surface area contributed by atoms with E-state index in [9.17, 15) is 19.5 Å². The molecule has 0 amide bonds. The van der Waals surface area contributed by atoms with Crippen molar-refractivity contribution in [2.24, 2.45) is 5.92 Å². The molecule has 3 aromatic carbocycles. The summed E-state index contributed by atoms with van der Waals surface area (Å²) in [5.41, 5.74) is 6.07. The molecule has 2 saturated heterocycles. The molecule has 8 atom stereocenters. The van der Waals surface area contributed by atoms with Crippen LogP contribution in [0.2, 0.25) is 0 Å². The number of nitrogens with one attached hydrogen (secondary N) is 2. The molecule has 2 fully saturated rings. The third kappa shape index (κ3) is 8.69. The lowest BCUT2D eigenvalue weighted by Crippen LogP contribution is -2.43. The first-order valence-corrected chi connectivity index (χ1v) is 20.8. The zero-order valence-corrected chi connectivity index (χ0v) is 36.7. The molecule has 0 aliphatic carbocycles. The number of aliphatic hydroxyl groups is 1. The second-order valence-electron chi connectivity index (χ2n) is 15.9. The van der Waals surface area contributed by atoms with Gasteiger partial charge in [0.1, 0.15) is 41.5 Å². The molecule has 0 unspecified atom stereocenters. The number of anilines is 1. The van der Waals surface area contributed by atoms with Gasteiger partial charge in [-0.25, -0.2) is 9.78 Å². The second kappa shape index (κ2) is 19.1. The van der Waals surface area contributed by atoms with Gasteiger partial charge < -0.3 is 44.0 Å². The first kappa shape index (κ1) is 45.3. The number of H-pyrrole nitrogens is 2. The van der Waals surface area contributed by atoms with E-state index in [-0.39, 0.29) is 42.4 Å². The fourth-order valence-corrected chi connectivity index (χ4v) is 8.75. The number of nitrogen functional groups attached to an aromatic ring is 1. The molecule has 2 aliphatic rings. The van der Waals surface area contributed by atoms with Crippen molar-refractivity contribution in [1.82, 2.24) is 34.1 Å². The highest BCUT2D eigenvalue weighted by molar-refractivity contribution is 5.70. The van der Waals surface area contributed by atoms with Gasteiger partial charge in [-0.1, -0.05) is 54.6 Å². The molecule has 20 nitrogen and oxygen atoms in total. The quantitative estimate of drug-likeness (QED) is 0.0758. The van der Waals surface area contributed by atoms with Crippen molar-refractivity contribution >= 4 is 17.1 Å². The van der Waals surface area contributed by atoms with Crippen molar-refractivity contribution in [3.63, 3.8) is 0 Å². The molecule has 8 rings (SSSR count). The first-order valence-electron chi connectivity index (χ1n) is 20.8. The summed E-state index contributed by atoms with van der Waals surface area (Å²) in [6.07, 6.45) is -3.62. The van der Waals surface area contributed by atoms with Gasteiger partial charge in [-0.15, -0.1) is 0 Å². The molecule has 0 saturated carbocycles. The molecule has 0 bridgehead atoms. The van der Waals surface area contributed by atoms with Gasteiger partial charge >= 0.3 is 5.69 Å². The maximum Gasteiger partial charge on any atom is 0.330 e. The molecule has 65 heavy (non-hydrogen) atoms. The van der Waals surface area contributed by atoms with Gasteiger partial charge in [0.15, 0.2) is 23.6 Å². The maximum absolute atomic E-state index is 12.9. The number of hydrogen-bond acceptors (Lipinski definition) is 16. The Morgan fingerprint density at radius 2 is 1.38 bits per heavy atom. The summed E-state index contributed by atoms with van der Waals surface area (Å²) in [5.74, 6) is 0.748. The van der Waals surface area contributed by atoms with Crippen LogP contribution in [0.5, 0.6) is 11.5 Å². The lowest BCUT2D eigenvalue weighted by molar-refractivity contribution is -0.190. The van der Waals surface area contributed by atoms with Gasteiger partial charge in [0.25, 0.3) is 11.1 Å². The molecule has 3 aromatic heterocycles. The molecule has 6 aromatic rings. The minimum Gasteiger partial charge on any atom is -0.497 e. The van der Waals surface area contributed by atoms with Crippen LogP contribution < -0.4 is 32.0 Å². The summed E-state index contributed by atoms with van der Waals surface area (Å²) in [5, 5.41) is 12.9. The van der Waals surface area contributed by atoms with Gasteiger partial charge in [0.05, 0.1) is 39.9 Å². The van der Waals surface area contributed by atoms with Crippen LogP contribution in [0.15, 0.2) is 106 Å². The maximum atomic E-state index is 12.9. The predicted octanol–water partition coefficient (Wildman–Crippen LogP) is 2.25. The zero-order valence-electron chi connectivity index (χ0n) is 36.7. The van der Waals surface area contributed by atoms with Gasteiger partial charge in [-0.05, 0) is 47.9 Å². The molecule has 2 aliphatic heterocycles. The van der Waals surface area contributed by atoms with Gasteiger partial charge in [-0.3, -0.25) is 33.5 Å². The van der Waals surface area contributed by atoms with Gasteiger partial charge in [-0.2, -0.15) is 10.0 Å². The number of aromatic amines is 2. The number of hydrogen-bond donors (Lipinski definition) is 4. The smallest absolute Gasteiger partial charge is 0.330 e. The van der Waals surface area contributed by atoms with Crippen LogP contribution in [0.1, 0.15) is 34.7 Å². The van der Waals surface area contributed by atoms with Crippen LogP contribution in [0.3, 0.4) is 0 Å². The monoisotopic (exact) mass is 896 g/mol. The van der Waals surface area contributed by atoms with Crippen LogP contribution >= 0.6 is 0 Å². The number of imidazole rings is 1. The largest absolute Gasteiger partial charge is 0.497 e. The number of nitrogens with zero attached hydrogens (tertiary/aromatic N) is 5. The van der Waals surface area contributed by atoms with Crippen molar-refractivity contribution in [3.05, 3.63) is 145 Å². The number of rotatable bonds is 17. The van der Waals surface area contributed by atoms with Crippen molar-refractivity contribution in [2.45, 2.75) is 55.5 Å². The Morgan fingerprint density at radius 1 is 0.785 bits per heavy atom. The van der Waals surface area contributed by atoms with E-state index in [1.165, 1.54) is 24.2 Å². The molecule has 5 N–H and O–H groups in total. The fraction of sp³-hybridized carbons (Fsp3) is 0.400. The van der Waals surface area contributed by atoms with Crippen LogP contribution in [0, 0.1) is 12.8 Å². The van der Waals surface area contributed by atoms with E-state index in [2.05, 4.69) is 19.9 Å². The molecular formula is C45H52N8O12. The summed E-state index contributed by atoms with van der Waals surface area (Å²) >= 11 is 0. The number of ether oxygens (including phenoxy) is 7. The van der Waals surface area contributed by atoms with Crippen molar-refractivity contribution < 1.29 is 43.1 Å². The average molecular weight is 897 g/mol. The van der Waals surface area contributed by atoms with E-state index in [4.69, 9.17) is 43.7 Å². The number of aromatic nitrogens is 6. The molecule has 5 heterocycles. The fourth-order valence-electron chi connectivity index (χ4n) is 8.75. The number of aliphatic hydroxyl groups excluding tert-OH is 1. The van der Waals surface area contributed by atoms with Gasteiger partial charge in [0, 0.05) is 45.5 Å². The van der Waals surface area contributed by atoms with E-state index in [0.717, 1.165) is 16.7 Å². The Balaban J connectivity index is 1.13. The second-order valence-corrected chi connectivity index (χ2v) is 15.9. The van der Waals surface area contributed by atoms with Crippen LogP contribution in [-0.4, -0.2) is 125 Å². The highest BCUT2D eigenvalue weighted by Gasteiger charge is 2.50. The third-order valence-corrected chi connectivity index (χ3v) is 12.1. The topological polar surface area (TPSA) is 242 Å². The molecule has 0 spiro atoms. The summed E-state index contributed by atoms with van der Waals surface area (Å²) < 4.78 is 46.1. The highest BCUT2D eigenvalue weighted by Crippen LogP contribution is 2.44. The normalized spacial score (nSPS) is 23.4. The minimum atomic E-state index is -1.20. The number of hydroxylamine groups is 2. The van der Waals surface area contributed by atoms with E-state index in [1.807, 2.05) is 78.9 Å². The van der Waals surface area contributed by atoms with Crippen LogP contribution in [0.25, 0.3) is 11.2 Å². The van der Waals surface area contributed by atoms with E-state index >= 15 is 0 Å². The van der Waals surface area contributed by atoms with Gasteiger partial charge in [0.2, 0.25) is 5.95 Å². The first-order chi connectivity index (χ1) is 31.4. The standard InChI is InChI=1S/C45H52N8O12/c1-25-20-52(44(57)50-39(25)55)42-37(61-6)35(54)33(65-42)23-63-51(2)21-31-32(64-41(36(31)60-5)53-24-47-34-38(53)48-43(46)49-40(34)56)22-62-45(26-10-8-7-9-11-26,27-12-16-29(58-3)17-13-27)28-14-18-30(59-4)19-15-28/h7-20,24,31-33,35-37,41-42,54H,21-23H2,1-6H3,(H,50,55,57)(H3,46,48,49,56)/t31-,32-,33-,35-,36-,37-,41-,42-/m1/s1. The van der Waals surface area contributed by atoms with E-state index in [1.54, 1.807) is 44.9 Å². The molecular weight excluding hydrogens is 845 g/mol. The molecule has 344 valence electrons. The SMILES string of the molecule is COc1ccc(C(OC[C@H]2O[C@@H](n3cnc4c(=O)[nH]c(N)nc43)[C@H](OC)[C@@H]2CN(C)OC[C@H]2O[C@@H](n3cc(C)c(=O)[nH]c3=O)[C@H](OC)[C@@H]2O)(c2ccccc2)c2ccc(OC)cc2)cc1. The predicted molar refractivity (Wildman–Crippen MR) is 234 cm³/mol. The van der Waals surface area contributed by atoms with Crippen LogP contribution in [0.4, 0.5) is 5.95 Å². The van der Waals surface area contributed by atoms with E-state index < -0.39 is 71.3 Å². The molecule has 20 heteroatoms. The number of aryl methyl sites for hydroxylation is 1. The highest BCUT2D eigenvalue weighted by atomic mass is 16.7. The van der Waals surface area contributed by atoms with E-state index in [0.29, 0.717) is 11.5 Å². The number of nitrogens with two attached hydrogens (primary N) is 1. The minimum absolute atomic E-state index is 0.000412. The summed E-state index contributed by atoms with van der Waals surface area (Å²) in [6.45, 7) is 1.60. The summed E-state index contributed by atoms with van der Waals surface area (Å²) in [7, 11) is 7.89. The number of fused-ring (bicyclic) bond motifs is 1. The third-order valence-electron chi connectivity index (χ3n) is 12.1. The Hall–Kier alpha value is -6.23. The Kier molecular flexibility index (Phi) is 13.3. The zero-order chi connectivity index (χ0) is 46.0. The average Bonchev–Trinajstić information content (AvgIpc) is 3.99. The number of benzene rings is 3. The summed E-state index contributed by atoms with van der Waals surface area (Å²) in [4.78, 5) is 57.5. The lowest BCUT2D eigenvalue weighted by atomic mass is 9.80. The Bertz CT molecular complexity index is 2700. The van der Waals surface area contributed by atoms with Crippen LogP contribution in [-0.2, 0) is 34.1 Å². The Labute approximate surface area is 372 Å². The van der Waals surface area contributed by atoms with Crippen molar-refractivity contribution in [1.29, 1.82) is 0 Å². The number of methoxy groups -OCH3 is 4. The Morgan fingerprint density at radius 3 is 2.00 bits per heavy atom. The molecule has 0 radical (unpaired) electrons. The van der Waals surface area contributed by atoms with Crippen molar-refractivity contribution in [2.75, 3.05) is 61.0 Å². The lowest BCUT2D eigenvalue weighted by Gasteiger charge is -2.37. The van der Waals surface area contributed by atoms with Crippen molar-refractivity contribution in [3.8, 4) is 11.5 Å². The summed E-state index contributed by atoms with van der Waals surface area (Å²) in [6, 6.07) is 25.2.